The molecule has 0 amide bonds. The van der Waals surface area contributed by atoms with Crippen LogP contribution in [-0.4, -0.2) is 18.3 Å². The zero-order chi connectivity index (χ0) is 7.40. The molecule has 0 saturated heterocycles. The number of pyridine rings is 1. The summed E-state index contributed by atoms with van der Waals surface area (Å²) in [4.78, 5) is 4.85. The molecule has 0 saturated carbocycles. The van der Waals surface area contributed by atoms with Crippen LogP contribution in [0.3, 0.4) is 0 Å². The van der Waals surface area contributed by atoms with E-state index in [0.717, 1.165) is 10.6 Å². The lowest BCUT2D eigenvalue weighted by Gasteiger charge is -1.98. The van der Waals surface area contributed by atoms with Gasteiger partial charge in [0.15, 0.2) is 0 Å². The van der Waals surface area contributed by atoms with Gasteiger partial charge in [-0.25, -0.2) is 4.98 Å². The van der Waals surface area contributed by atoms with Crippen molar-refractivity contribution in [1.29, 1.82) is 0 Å². The summed E-state index contributed by atoms with van der Waals surface area (Å²) >= 11 is 1.60. The molecule has 0 N–H and O–H groups in total. The molecule has 0 aliphatic rings. The van der Waals surface area contributed by atoms with E-state index < -0.39 is 0 Å². The monoisotopic (exact) mass is 154 g/mol. The summed E-state index contributed by atoms with van der Waals surface area (Å²) in [5.41, 5.74) is 0. The normalized spacial score (nSPS) is 9.40. The molecule has 1 rings (SSSR count). The van der Waals surface area contributed by atoms with Gasteiger partial charge >= 0.3 is 0 Å². The van der Waals surface area contributed by atoms with Crippen molar-refractivity contribution in [2.75, 3.05) is 13.4 Å². The van der Waals surface area contributed by atoms with Crippen molar-refractivity contribution in [2.45, 2.75) is 4.90 Å². The van der Waals surface area contributed by atoms with E-state index in [-0.39, 0.29) is 0 Å². The topological polar surface area (TPSA) is 22.1 Å². The Kier molecular flexibility index (Phi) is 2.57. The Bertz CT molecular complexity index is 195. The summed E-state index contributed by atoms with van der Waals surface area (Å²) in [6.45, 7) is 0. The minimum Gasteiger partial charge on any atom is -0.495 e. The van der Waals surface area contributed by atoms with Crippen molar-refractivity contribution >= 4 is 11.8 Å². The maximum Gasteiger partial charge on any atom is 0.138 e. The van der Waals surface area contributed by atoms with Gasteiger partial charge in [0.2, 0.25) is 0 Å². The van der Waals surface area contributed by atoms with E-state index in [1.54, 1.807) is 25.1 Å². The lowest BCUT2D eigenvalue weighted by molar-refractivity contribution is 0.411. The number of rotatable bonds is 2. The van der Waals surface area contributed by atoms with E-state index in [9.17, 15) is 0 Å². The first-order chi connectivity index (χ1) is 4.86. The zero-order valence-corrected chi connectivity index (χ0v) is 6.73. The molecule has 1 aromatic heterocycles. The lowest BCUT2D eigenvalue weighted by atomic mass is 10.5. The van der Waals surface area contributed by atoms with Gasteiger partial charge in [0.05, 0.1) is 13.3 Å². The summed E-state index contributed by atoms with van der Waals surface area (Å²) in [6, 6.07) is 1.90. The Morgan fingerprint density at radius 3 is 3.10 bits per heavy atom. The summed E-state index contributed by atoms with van der Waals surface area (Å²) in [7, 11) is 1.63. The van der Waals surface area contributed by atoms with Crippen molar-refractivity contribution in [3.8, 4) is 5.75 Å². The van der Waals surface area contributed by atoms with E-state index >= 15 is 0 Å². The Labute approximate surface area is 64.6 Å². The third-order valence-electron chi connectivity index (χ3n) is 1.10. The number of hydrogen-bond donors (Lipinski definition) is 0. The molecule has 10 heavy (non-hydrogen) atoms. The molecule has 0 bridgehead atoms. The third-order valence-corrected chi connectivity index (χ3v) is 1.74. The van der Waals surface area contributed by atoms with Crippen LogP contribution < -0.4 is 4.74 Å². The van der Waals surface area contributed by atoms with Crippen LogP contribution in [0.2, 0.25) is 0 Å². The fourth-order valence-corrected chi connectivity index (χ4v) is 0.952. The minimum absolute atomic E-state index is 0.781. The van der Waals surface area contributed by atoms with Gasteiger partial charge in [-0.2, -0.15) is 0 Å². The van der Waals surface area contributed by atoms with Crippen LogP contribution in [0.5, 0.6) is 5.75 Å². The number of hydrogen-bond acceptors (Lipinski definition) is 3. The van der Waals surface area contributed by atoms with Gasteiger partial charge in [-0.1, -0.05) is 0 Å². The number of ether oxygens (including phenoxy) is 1. The van der Waals surface area contributed by atoms with E-state index in [1.165, 1.54) is 0 Å². The number of thioether (sulfide) groups is 1. The molecule has 0 aliphatic carbocycles. The number of aromatic nitrogens is 1. The van der Waals surface area contributed by atoms with E-state index in [2.05, 4.69) is 11.2 Å². The SMILES string of the molecule is COc1cn[c]c(SC)c1. The van der Waals surface area contributed by atoms with Gasteiger partial charge in [-0.05, 0) is 12.3 Å². The van der Waals surface area contributed by atoms with Crippen molar-refractivity contribution in [2.24, 2.45) is 0 Å². The first kappa shape index (κ1) is 7.41. The molecular weight excluding hydrogens is 146 g/mol. The second-order valence-corrected chi connectivity index (χ2v) is 2.54. The minimum atomic E-state index is 0.781. The molecule has 1 radical (unpaired) electrons. The first-order valence-corrected chi connectivity index (χ1v) is 4.05. The van der Waals surface area contributed by atoms with Gasteiger partial charge in [-0.15, -0.1) is 11.8 Å². The van der Waals surface area contributed by atoms with Gasteiger partial charge < -0.3 is 4.74 Å². The fourth-order valence-electron chi connectivity index (χ4n) is 0.574. The molecule has 1 heterocycles. The highest BCUT2D eigenvalue weighted by atomic mass is 32.2. The van der Waals surface area contributed by atoms with Crippen LogP contribution in [0.25, 0.3) is 0 Å². The van der Waals surface area contributed by atoms with Crippen molar-refractivity contribution in [3.63, 3.8) is 0 Å². The Morgan fingerprint density at radius 1 is 1.70 bits per heavy atom. The predicted octanol–water partition coefficient (Wildman–Crippen LogP) is 1.61. The van der Waals surface area contributed by atoms with Crippen LogP contribution >= 0.6 is 11.8 Å². The van der Waals surface area contributed by atoms with Crippen LogP contribution in [0.1, 0.15) is 0 Å². The molecular formula is C7H8NOS. The highest BCUT2D eigenvalue weighted by molar-refractivity contribution is 7.98. The fraction of sp³-hybridized carbons (Fsp3) is 0.286. The van der Waals surface area contributed by atoms with Crippen molar-refractivity contribution < 1.29 is 4.74 Å². The van der Waals surface area contributed by atoms with Gasteiger partial charge in [0.1, 0.15) is 11.9 Å². The smallest absolute Gasteiger partial charge is 0.138 e. The Hall–Kier alpha value is -0.700. The van der Waals surface area contributed by atoms with Crippen LogP contribution in [0, 0.1) is 6.20 Å². The highest BCUT2D eigenvalue weighted by Crippen LogP contribution is 2.17. The largest absolute Gasteiger partial charge is 0.495 e. The lowest BCUT2D eigenvalue weighted by Crippen LogP contribution is -1.84. The van der Waals surface area contributed by atoms with Crippen LogP contribution in [0.4, 0.5) is 0 Å². The van der Waals surface area contributed by atoms with E-state index in [1.807, 2.05) is 12.3 Å². The first-order valence-electron chi connectivity index (χ1n) is 2.82. The molecule has 0 fully saturated rings. The maximum absolute atomic E-state index is 4.96. The second kappa shape index (κ2) is 3.46. The summed E-state index contributed by atoms with van der Waals surface area (Å²) in [5, 5.41) is 0. The predicted molar refractivity (Wildman–Crippen MR) is 41.4 cm³/mol. The molecule has 3 heteroatoms. The third kappa shape index (κ3) is 1.64. The van der Waals surface area contributed by atoms with Crippen LogP contribution in [-0.2, 0) is 0 Å². The average Bonchev–Trinajstić information content (AvgIpc) is 2.05. The van der Waals surface area contributed by atoms with Gasteiger partial charge in [-0.3, -0.25) is 0 Å². The Morgan fingerprint density at radius 2 is 2.50 bits per heavy atom. The quantitative estimate of drug-likeness (QED) is 0.604. The Balaban J connectivity index is 2.87. The molecule has 0 atom stereocenters. The molecule has 2 nitrogen and oxygen atoms in total. The zero-order valence-electron chi connectivity index (χ0n) is 5.92. The second-order valence-electron chi connectivity index (χ2n) is 1.69. The van der Waals surface area contributed by atoms with Crippen molar-refractivity contribution in [3.05, 3.63) is 18.5 Å². The van der Waals surface area contributed by atoms with Gasteiger partial charge in [0.25, 0.3) is 0 Å². The summed E-state index contributed by atoms with van der Waals surface area (Å²) < 4.78 is 4.96. The standard InChI is InChI=1S/C7H8NOS/c1-9-6-3-7(10-2)5-8-4-6/h3-4H,1-2H3. The highest BCUT2D eigenvalue weighted by Gasteiger charge is 1.93. The number of nitrogens with zero attached hydrogens (tertiary/aromatic N) is 1. The summed E-state index contributed by atoms with van der Waals surface area (Å²) in [5.74, 6) is 0.781. The van der Waals surface area contributed by atoms with Crippen LogP contribution in [0.15, 0.2) is 17.2 Å². The van der Waals surface area contributed by atoms with Crippen molar-refractivity contribution in [1.82, 2.24) is 4.98 Å². The van der Waals surface area contributed by atoms with Gasteiger partial charge in [0, 0.05) is 4.90 Å². The molecule has 1 aromatic rings. The molecule has 0 spiro atoms. The summed E-state index contributed by atoms with van der Waals surface area (Å²) in [6.07, 6.45) is 6.44. The molecule has 53 valence electrons. The molecule has 0 aliphatic heterocycles. The number of methoxy groups -OCH3 is 1. The van der Waals surface area contributed by atoms with E-state index in [0.29, 0.717) is 0 Å². The average molecular weight is 154 g/mol. The van der Waals surface area contributed by atoms with E-state index in [4.69, 9.17) is 4.74 Å². The molecule has 0 aromatic carbocycles. The maximum atomic E-state index is 4.96. The molecule has 0 unspecified atom stereocenters.